The number of ether oxygens (including phenoxy) is 1. The highest BCUT2D eigenvalue weighted by atomic mass is 16.5. The number of fused-ring (bicyclic) bond motifs is 1. The summed E-state index contributed by atoms with van der Waals surface area (Å²) in [5.41, 5.74) is 1.91. The van der Waals surface area contributed by atoms with Crippen LogP contribution in [0.2, 0.25) is 0 Å². The van der Waals surface area contributed by atoms with Crippen LogP contribution in [0.3, 0.4) is 0 Å². The van der Waals surface area contributed by atoms with Gasteiger partial charge in [-0.25, -0.2) is 4.79 Å². The summed E-state index contributed by atoms with van der Waals surface area (Å²) in [5.74, 6) is -0.622. The molecule has 0 saturated heterocycles. The van der Waals surface area contributed by atoms with Gasteiger partial charge in [-0.3, -0.25) is 0 Å². The van der Waals surface area contributed by atoms with Crippen LogP contribution in [0.4, 0.5) is 0 Å². The molecule has 0 fully saturated rings. The molecule has 1 N–H and O–H groups in total. The Labute approximate surface area is 114 Å². The van der Waals surface area contributed by atoms with Gasteiger partial charge in [0.2, 0.25) is 0 Å². The van der Waals surface area contributed by atoms with E-state index in [2.05, 4.69) is 18.6 Å². The van der Waals surface area contributed by atoms with Crippen LogP contribution in [0.5, 0.6) is 0 Å². The van der Waals surface area contributed by atoms with Crippen LogP contribution in [0.15, 0.2) is 18.2 Å². The summed E-state index contributed by atoms with van der Waals surface area (Å²) in [5, 5.41) is 10.3. The van der Waals surface area contributed by atoms with Crippen LogP contribution in [0.1, 0.15) is 43.9 Å². The van der Waals surface area contributed by atoms with E-state index in [1.165, 1.54) is 25.2 Å². The number of hydrogen-bond acceptors (Lipinski definition) is 3. The molecule has 0 spiro atoms. The van der Waals surface area contributed by atoms with Crippen LogP contribution in [-0.4, -0.2) is 18.2 Å². The van der Waals surface area contributed by atoms with Gasteiger partial charge in [0.05, 0.1) is 7.11 Å². The summed E-state index contributed by atoms with van der Waals surface area (Å²) in [7, 11) is 1.29. The van der Waals surface area contributed by atoms with E-state index in [1.807, 2.05) is 18.2 Å². The van der Waals surface area contributed by atoms with Crippen molar-refractivity contribution in [3.05, 3.63) is 34.9 Å². The van der Waals surface area contributed by atoms with E-state index in [-0.39, 0.29) is 0 Å². The summed E-state index contributed by atoms with van der Waals surface area (Å²) >= 11 is 0. The molecule has 1 aromatic carbocycles. The van der Waals surface area contributed by atoms with Gasteiger partial charge in [-0.05, 0) is 41.9 Å². The van der Waals surface area contributed by atoms with Gasteiger partial charge in [0.15, 0.2) is 5.60 Å². The maximum absolute atomic E-state index is 11.6. The largest absolute Gasteiger partial charge is 0.467 e. The fourth-order valence-electron chi connectivity index (χ4n) is 2.81. The molecule has 19 heavy (non-hydrogen) atoms. The van der Waals surface area contributed by atoms with E-state index in [9.17, 15) is 9.90 Å². The second-order valence-corrected chi connectivity index (χ2v) is 6.07. The highest BCUT2D eigenvalue weighted by Gasteiger charge is 2.36. The maximum Gasteiger partial charge on any atom is 0.342 e. The molecule has 1 aliphatic carbocycles. The van der Waals surface area contributed by atoms with Crippen molar-refractivity contribution >= 4 is 5.97 Å². The topological polar surface area (TPSA) is 46.5 Å². The van der Waals surface area contributed by atoms with Crippen LogP contribution in [0.25, 0.3) is 0 Å². The van der Waals surface area contributed by atoms with Crippen LogP contribution in [-0.2, 0) is 28.0 Å². The maximum atomic E-state index is 11.6. The molecular formula is C16H22O3. The van der Waals surface area contributed by atoms with Crippen LogP contribution < -0.4 is 0 Å². The zero-order chi connectivity index (χ0) is 14.3. The minimum Gasteiger partial charge on any atom is -0.467 e. The monoisotopic (exact) mass is 262 g/mol. The van der Waals surface area contributed by atoms with Crippen molar-refractivity contribution in [2.45, 2.75) is 45.6 Å². The quantitative estimate of drug-likeness (QED) is 0.852. The van der Waals surface area contributed by atoms with Gasteiger partial charge in [0.1, 0.15) is 0 Å². The smallest absolute Gasteiger partial charge is 0.342 e. The van der Waals surface area contributed by atoms with Gasteiger partial charge in [-0.15, -0.1) is 0 Å². The van der Waals surface area contributed by atoms with Gasteiger partial charge in [-0.1, -0.05) is 38.5 Å². The van der Waals surface area contributed by atoms with E-state index in [0.29, 0.717) is 11.0 Å². The number of esters is 1. The molecule has 2 atom stereocenters. The van der Waals surface area contributed by atoms with Crippen LogP contribution in [0, 0.1) is 5.41 Å². The number of hydrogen-bond donors (Lipinski definition) is 1. The van der Waals surface area contributed by atoms with Gasteiger partial charge >= 0.3 is 5.97 Å². The zero-order valence-electron chi connectivity index (χ0n) is 12.1. The fourth-order valence-corrected chi connectivity index (χ4v) is 2.81. The molecule has 104 valence electrons. The first-order chi connectivity index (χ1) is 8.82. The highest BCUT2D eigenvalue weighted by Crippen LogP contribution is 2.40. The predicted octanol–water partition coefficient (Wildman–Crippen LogP) is 2.58. The summed E-state index contributed by atoms with van der Waals surface area (Å²) in [6.07, 6.45) is 3.20. The van der Waals surface area contributed by atoms with E-state index in [0.717, 1.165) is 19.3 Å². The average Bonchev–Trinajstić information content (AvgIpc) is 2.73. The minimum atomic E-state index is -1.57. The summed E-state index contributed by atoms with van der Waals surface area (Å²) in [6.45, 7) is 5.97. The standard InChI is InChI=1S/C16H22O3/c1-5-15(2)9-11-6-7-13(8-12(11)10-15)16(3,18)14(17)19-4/h6-8,18H,5,9-10H2,1-4H3. The number of methoxy groups -OCH3 is 1. The number of aliphatic hydroxyl groups is 1. The average molecular weight is 262 g/mol. The fraction of sp³-hybridized carbons (Fsp3) is 0.562. The third-order valence-electron chi connectivity index (χ3n) is 4.44. The second kappa shape index (κ2) is 4.64. The Hall–Kier alpha value is -1.35. The van der Waals surface area contributed by atoms with Crippen molar-refractivity contribution in [2.75, 3.05) is 7.11 Å². The molecule has 0 bridgehead atoms. The third kappa shape index (κ3) is 2.39. The Morgan fingerprint density at radius 3 is 2.63 bits per heavy atom. The first-order valence-corrected chi connectivity index (χ1v) is 6.75. The molecule has 3 nitrogen and oxygen atoms in total. The molecule has 0 saturated carbocycles. The Morgan fingerprint density at radius 2 is 2.05 bits per heavy atom. The number of rotatable bonds is 3. The first kappa shape index (κ1) is 14.1. The number of carbonyl (C=O) groups is 1. The van der Waals surface area contributed by atoms with E-state index in [4.69, 9.17) is 0 Å². The highest BCUT2D eigenvalue weighted by molar-refractivity contribution is 5.80. The zero-order valence-corrected chi connectivity index (χ0v) is 12.1. The lowest BCUT2D eigenvalue weighted by molar-refractivity contribution is -0.161. The van der Waals surface area contributed by atoms with Crippen molar-refractivity contribution in [1.29, 1.82) is 0 Å². The van der Waals surface area contributed by atoms with Crippen molar-refractivity contribution < 1.29 is 14.6 Å². The molecule has 2 unspecified atom stereocenters. The molecule has 0 aromatic heterocycles. The van der Waals surface area contributed by atoms with Crippen molar-refractivity contribution in [1.82, 2.24) is 0 Å². The van der Waals surface area contributed by atoms with Crippen molar-refractivity contribution in [3.8, 4) is 0 Å². The minimum absolute atomic E-state index is 0.304. The van der Waals surface area contributed by atoms with Gasteiger partial charge in [0, 0.05) is 0 Å². The summed E-state index contributed by atoms with van der Waals surface area (Å²) in [6, 6.07) is 5.81. The van der Waals surface area contributed by atoms with E-state index < -0.39 is 11.6 Å². The molecule has 0 radical (unpaired) electrons. The summed E-state index contributed by atoms with van der Waals surface area (Å²) < 4.78 is 4.66. The molecular weight excluding hydrogens is 240 g/mol. The Morgan fingerprint density at radius 1 is 1.42 bits per heavy atom. The molecule has 0 heterocycles. The van der Waals surface area contributed by atoms with Crippen LogP contribution >= 0.6 is 0 Å². The molecule has 2 rings (SSSR count). The predicted molar refractivity (Wildman–Crippen MR) is 73.8 cm³/mol. The van der Waals surface area contributed by atoms with Gasteiger partial charge in [-0.2, -0.15) is 0 Å². The lowest BCUT2D eigenvalue weighted by Gasteiger charge is -2.21. The SMILES string of the molecule is CCC1(C)Cc2ccc(C(C)(O)C(=O)OC)cc2C1. The Bertz CT molecular complexity index is 505. The van der Waals surface area contributed by atoms with Gasteiger partial charge < -0.3 is 9.84 Å². The van der Waals surface area contributed by atoms with Crippen molar-refractivity contribution in [2.24, 2.45) is 5.41 Å². The molecule has 3 heteroatoms. The van der Waals surface area contributed by atoms with Crippen molar-refractivity contribution in [3.63, 3.8) is 0 Å². The lowest BCUT2D eigenvalue weighted by atomic mass is 9.84. The molecule has 0 amide bonds. The molecule has 1 aromatic rings. The Kier molecular flexibility index (Phi) is 3.43. The molecule has 0 aliphatic heterocycles. The summed E-state index contributed by atoms with van der Waals surface area (Å²) in [4.78, 5) is 11.6. The van der Waals surface area contributed by atoms with E-state index in [1.54, 1.807) is 0 Å². The Balaban J connectivity index is 2.35. The lowest BCUT2D eigenvalue weighted by Crippen LogP contribution is -2.33. The molecule has 1 aliphatic rings. The number of carbonyl (C=O) groups excluding carboxylic acids is 1. The second-order valence-electron chi connectivity index (χ2n) is 6.07. The normalized spacial score (nSPS) is 24.7. The number of benzene rings is 1. The third-order valence-corrected chi connectivity index (χ3v) is 4.44. The first-order valence-electron chi connectivity index (χ1n) is 6.75. The van der Waals surface area contributed by atoms with E-state index >= 15 is 0 Å². The van der Waals surface area contributed by atoms with Gasteiger partial charge in [0.25, 0.3) is 0 Å².